The molecule has 0 aliphatic rings. The number of alkyl halides is 3. The molecule has 0 aliphatic heterocycles. The predicted molar refractivity (Wildman–Crippen MR) is 126 cm³/mol. The molecule has 1 amide bonds. The van der Waals surface area contributed by atoms with Crippen molar-refractivity contribution in [2.45, 2.75) is 11.1 Å². The molecule has 3 aromatic carbocycles. The third-order valence-corrected chi connectivity index (χ3v) is 8.11. The molecule has 11 heteroatoms. The molecule has 2 N–H and O–H groups in total. The lowest BCUT2D eigenvalue weighted by molar-refractivity contribution is -0.137. The average molecular weight is 555 g/mol. The van der Waals surface area contributed by atoms with Crippen molar-refractivity contribution in [1.82, 2.24) is 0 Å². The zero-order valence-corrected chi connectivity index (χ0v) is 19.7. The van der Waals surface area contributed by atoms with E-state index < -0.39 is 27.7 Å². The van der Waals surface area contributed by atoms with Crippen LogP contribution < -0.4 is 10.0 Å². The highest BCUT2D eigenvalue weighted by atomic mass is 79.9. The Morgan fingerprint density at radius 2 is 1.58 bits per heavy atom. The summed E-state index contributed by atoms with van der Waals surface area (Å²) in [6.45, 7) is 0. The Hall–Kier alpha value is -2.89. The lowest BCUT2D eigenvalue weighted by Gasteiger charge is -2.14. The molecular formula is C22H14BrF3N2O3S2. The van der Waals surface area contributed by atoms with E-state index in [4.69, 9.17) is 0 Å². The highest BCUT2D eigenvalue weighted by molar-refractivity contribution is 9.10. The second-order valence-electron chi connectivity index (χ2n) is 6.90. The highest BCUT2D eigenvalue weighted by Gasteiger charge is 2.30. The second kappa shape index (κ2) is 8.81. The Morgan fingerprint density at radius 1 is 0.909 bits per heavy atom. The first-order valence-corrected chi connectivity index (χ1v) is 12.4. The van der Waals surface area contributed by atoms with Gasteiger partial charge in [0.05, 0.1) is 21.8 Å². The molecule has 5 nitrogen and oxygen atoms in total. The van der Waals surface area contributed by atoms with Crippen molar-refractivity contribution >= 4 is 64.7 Å². The number of halogens is 4. The summed E-state index contributed by atoms with van der Waals surface area (Å²) in [6.07, 6.45) is -4.48. The van der Waals surface area contributed by atoms with Gasteiger partial charge in [0.25, 0.3) is 15.9 Å². The molecule has 0 unspecified atom stereocenters. The van der Waals surface area contributed by atoms with Crippen molar-refractivity contribution in [1.29, 1.82) is 0 Å². The molecule has 4 rings (SSSR count). The molecule has 1 aromatic heterocycles. The summed E-state index contributed by atoms with van der Waals surface area (Å²) in [5.41, 5.74) is -0.458. The Morgan fingerprint density at radius 3 is 2.27 bits per heavy atom. The van der Waals surface area contributed by atoms with Crippen LogP contribution in [-0.2, 0) is 16.2 Å². The molecule has 0 radical (unpaired) electrons. The zero-order chi connectivity index (χ0) is 23.8. The number of nitrogens with one attached hydrogen (secondary N) is 2. The van der Waals surface area contributed by atoms with Crippen molar-refractivity contribution in [3.63, 3.8) is 0 Å². The number of carbonyl (C=O) groups excluding carboxylic acids is 1. The molecule has 4 aromatic rings. The van der Waals surface area contributed by atoms with Gasteiger partial charge in [0.1, 0.15) is 4.90 Å². The van der Waals surface area contributed by atoms with Crippen LogP contribution in [0.3, 0.4) is 0 Å². The first kappa shape index (κ1) is 23.3. The van der Waals surface area contributed by atoms with E-state index in [1.165, 1.54) is 30.3 Å². The molecule has 1 heterocycles. The number of para-hydroxylation sites is 2. The molecular weight excluding hydrogens is 541 g/mol. The van der Waals surface area contributed by atoms with E-state index in [2.05, 4.69) is 26.0 Å². The fraction of sp³-hybridized carbons (Fsp3) is 0.0455. The highest BCUT2D eigenvalue weighted by Crippen LogP contribution is 2.35. The largest absolute Gasteiger partial charge is 0.416 e. The number of fused-ring (bicyclic) bond motifs is 1. The minimum absolute atomic E-state index is 0.0242. The van der Waals surface area contributed by atoms with Gasteiger partial charge in [-0.25, -0.2) is 8.42 Å². The minimum Gasteiger partial charge on any atom is -0.319 e. The number of hydrogen-bond acceptors (Lipinski definition) is 4. The normalized spacial score (nSPS) is 12.0. The monoisotopic (exact) mass is 554 g/mol. The van der Waals surface area contributed by atoms with Gasteiger partial charge in [0.2, 0.25) is 0 Å². The number of hydrogen-bond donors (Lipinski definition) is 2. The van der Waals surface area contributed by atoms with Gasteiger partial charge in [-0.05, 0) is 69.8 Å². The SMILES string of the molecule is O=C(Nc1ccccc1NS(=O)(=O)c1ccccc1Br)c1cc2cc(C(F)(F)F)ccc2s1. The minimum atomic E-state index is -4.48. The summed E-state index contributed by atoms with van der Waals surface area (Å²) in [6, 6.07) is 17.2. The van der Waals surface area contributed by atoms with Gasteiger partial charge < -0.3 is 5.32 Å². The van der Waals surface area contributed by atoms with Gasteiger partial charge >= 0.3 is 6.18 Å². The summed E-state index contributed by atoms with van der Waals surface area (Å²) >= 11 is 4.25. The summed E-state index contributed by atoms with van der Waals surface area (Å²) in [5, 5.41) is 2.93. The molecule has 0 atom stereocenters. The number of carbonyl (C=O) groups is 1. The second-order valence-corrected chi connectivity index (χ2v) is 10.5. The Bertz CT molecular complexity index is 1470. The quantitative estimate of drug-likeness (QED) is 0.287. The van der Waals surface area contributed by atoms with Crippen LogP contribution in [0.15, 0.2) is 82.2 Å². The molecule has 170 valence electrons. The summed E-state index contributed by atoms with van der Waals surface area (Å²) < 4.78 is 67.9. The van der Waals surface area contributed by atoms with Gasteiger partial charge in [-0.1, -0.05) is 24.3 Å². The van der Waals surface area contributed by atoms with E-state index in [9.17, 15) is 26.4 Å². The summed E-state index contributed by atoms with van der Waals surface area (Å²) in [4.78, 5) is 13.0. The van der Waals surface area contributed by atoms with E-state index in [0.717, 1.165) is 23.5 Å². The maximum atomic E-state index is 13.0. The van der Waals surface area contributed by atoms with Gasteiger partial charge in [0, 0.05) is 9.17 Å². The first-order valence-electron chi connectivity index (χ1n) is 9.33. The lowest BCUT2D eigenvalue weighted by atomic mass is 10.1. The molecule has 0 aliphatic carbocycles. The molecule has 0 saturated heterocycles. The van der Waals surface area contributed by atoms with Gasteiger partial charge in [-0.2, -0.15) is 13.2 Å². The van der Waals surface area contributed by atoms with Gasteiger partial charge in [-0.15, -0.1) is 11.3 Å². The summed E-state index contributed by atoms with van der Waals surface area (Å²) in [5.74, 6) is -0.572. The maximum absolute atomic E-state index is 13.0. The van der Waals surface area contributed by atoms with E-state index in [0.29, 0.717) is 14.6 Å². The van der Waals surface area contributed by atoms with Crippen molar-refractivity contribution in [2.75, 3.05) is 10.0 Å². The fourth-order valence-corrected chi connectivity index (χ4v) is 6.08. The van der Waals surface area contributed by atoms with Gasteiger partial charge in [-0.3, -0.25) is 9.52 Å². The van der Waals surface area contributed by atoms with Crippen LogP contribution in [0.1, 0.15) is 15.2 Å². The number of amides is 1. The molecule has 0 fully saturated rings. The Kier molecular flexibility index (Phi) is 6.21. The topological polar surface area (TPSA) is 75.3 Å². The van der Waals surface area contributed by atoms with Crippen molar-refractivity contribution in [3.8, 4) is 0 Å². The number of thiophene rings is 1. The standard InChI is InChI=1S/C22H14BrF3N2O3S2/c23-15-5-1-4-8-20(15)33(30,31)28-17-7-3-2-6-16(17)27-21(29)19-12-13-11-14(22(24,25)26)9-10-18(13)32-19/h1-12,28H,(H,27,29). The third kappa shape index (κ3) is 5.05. The molecule has 0 spiro atoms. The van der Waals surface area contributed by atoms with Crippen LogP contribution in [0.4, 0.5) is 24.5 Å². The van der Waals surface area contributed by atoms with Crippen LogP contribution in [-0.4, -0.2) is 14.3 Å². The fourth-order valence-electron chi connectivity index (χ4n) is 3.06. The van der Waals surface area contributed by atoms with E-state index >= 15 is 0 Å². The van der Waals surface area contributed by atoms with Crippen molar-refractivity contribution in [2.24, 2.45) is 0 Å². The zero-order valence-electron chi connectivity index (χ0n) is 16.5. The van der Waals surface area contributed by atoms with E-state index in [1.807, 2.05) is 0 Å². The van der Waals surface area contributed by atoms with E-state index in [1.54, 1.807) is 30.3 Å². The molecule has 33 heavy (non-hydrogen) atoms. The van der Waals surface area contributed by atoms with Crippen molar-refractivity contribution in [3.05, 3.63) is 87.7 Å². The maximum Gasteiger partial charge on any atom is 0.416 e. The van der Waals surface area contributed by atoms with Crippen LogP contribution in [0.5, 0.6) is 0 Å². The smallest absolute Gasteiger partial charge is 0.319 e. The van der Waals surface area contributed by atoms with E-state index in [-0.39, 0.29) is 21.1 Å². The Labute approximate surface area is 199 Å². The number of rotatable bonds is 5. The number of benzene rings is 3. The van der Waals surface area contributed by atoms with Crippen molar-refractivity contribution < 1.29 is 26.4 Å². The Balaban J connectivity index is 1.60. The average Bonchev–Trinajstić information content (AvgIpc) is 3.18. The van der Waals surface area contributed by atoms with Crippen LogP contribution in [0.25, 0.3) is 10.1 Å². The van der Waals surface area contributed by atoms with Crippen LogP contribution >= 0.6 is 27.3 Å². The number of sulfonamides is 1. The van der Waals surface area contributed by atoms with Crippen LogP contribution in [0.2, 0.25) is 0 Å². The molecule has 0 bridgehead atoms. The van der Waals surface area contributed by atoms with Crippen LogP contribution in [0, 0.1) is 0 Å². The number of anilines is 2. The summed E-state index contributed by atoms with van der Waals surface area (Å²) in [7, 11) is -3.96. The third-order valence-electron chi connectivity index (χ3n) is 4.61. The first-order chi connectivity index (χ1) is 15.5. The lowest BCUT2D eigenvalue weighted by Crippen LogP contribution is -2.17. The molecule has 0 saturated carbocycles. The predicted octanol–water partition coefficient (Wildman–Crippen LogP) is 6.74. The van der Waals surface area contributed by atoms with Gasteiger partial charge in [0.15, 0.2) is 0 Å².